The molecule has 0 spiro atoms. The van der Waals surface area contributed by atoms with Gasteiger partial charge >= 0.3 is 6.01 Å². The molecule has 106 valence electrons. The molecule has 0 saturated carbocycles. The topological polar surface area (TPSA) is 98.8 Å². The van der Waals surface area contributed by atoms with Gasteiger partial charge in [-0.2, -0.15) is 15.0 Å². The fourth-order valence-corrected chi connectivity index (χ4v) is 2.14. The van der Waals surface area contributed by atoms with Crippen molar-refractivity contribution in [3.05, 3.63) is 22.8 Å². The van der Waals surface area contributed by atoms with Gasteiger partial charge in [-0.05, 0) is 46.2 Å². The lowest BCUT2D eigenvalue weighted by Gasteiger charge is -2.06. The van der Waals surface area contributed by atoms with Gasteiger partial charge in [-0.3, -0.25) is 5.43 Å². The van der Waals surface area contributed by atoms with Crippen molar-refractivity contribution in [2.45, 2.75) is 23.5 Å². The minimum absolute atomic E-state index is 0.245. The summed E-state index contributed by atoms with van der Waals surface area (Å²) in [5.74, 6) is 5.60. The minimum Gasteiger partial charge on any atom is -0.463 e. The Morgan fingerprint density at radius 1 is 1.35 bits per heavy atom. The molecular formula is C11H13BrN6OS. The van der Waals surface area contributed by atoms with Crippen molar-refractivity contribution in [3.8, 4) is 6.01 Å². The Morgan fingerprint density at radius 3 is 2.85 bits per heavy atom. The number of hydrogen-bond donors (Lipinski definition) is 2. The monoisotopic (exact) mass is 356 g/mol. The lowest BCUT2D eigenvalue weighted by atomic mass is 10.5. The first-order valence-electron chi connectivity index (χ1n) is 5.86. The summed E-state index contributed by atoms with van der Waals surface area (Å²) < 4.78 is 6.31. The molecule has 0 aliphatic carbocycles. The Kier molecular flexibility index (Phi) is 5.50. The van der Waals surface area contributed by atoms with Gasteiger partial charge < -0.3 is 4.74 Å². The predicted octanol–water partition coefficient (Wildman–Crippen LogP) is 2.25. The zero-order chi connectivity index (χ0) is 14.4. The molecule has 0 unspecified atom stereocenters. The number of nitrogen functional groups attached to an aromatic ring is 1. The minimum atomic E-state index is 0.245. The summed E-state index contributed by atoms with van der Waals surface area (Å²) in [6, 6.07) is 4.00. The molecule has 2 rings (SSSR count). The van der Waals surface area contributed by atoms with Gasteiger partial charge in [0.05, 0.1) is 6.61 Å². The number of halogens is 1. The molecular weight excluding hydrogens is 344 g/mol. The van der Waals surface area contributed by atoms with E-state index in [2.05, 4.69) is 41.3 Å². The van der Waals surface area contributed by atoms with E-state index in [1.807, 2.05) is 19.1 Å². The van der Waals surface area contributed by atoms with Gasteiger partial charge in [0.1, 0.15) is 5.03 Å². The van der Waals surface area contributed by atoms with Crippen molar-refractivity contribution in [2.24, 2.45) is 5.84 Å². The number of nitrogens with one attached hydrogen (secondary N) is 1. The van der Waals surface area contributed by atoms with Crippen molar-refractivity contribution in [3.63, 3.8) is 0 Å². The Labute approximate surface area is 128 Å². The van der Waals surface area contributed by atoms with Gasteiger partial charge in [0.15, 0.2) is 0 Å². The summed E-state index contributed by atoms with van der Waals surface area (Å²) in [6.45, 7) is 2.54. The van der Waals surface area contributed by atoms with Crippen molar-refractivity contribution in [1.82, 2.24) is 19.9 Å². The third-order valence-corrected chi connectivity index (χ3v) is 3.34. The van der Waals surface area contributed by atoms with Gasteiger partial charge in [0.2, 0.25) is 11.1 Å². The maximum absolute atomic E-state index is 5.40. The van der Waals surface area contributed by atoms with Crippen LogP contribution in [0.15, 0.2) is 33.0 Å². The zero-order valence-electron chi connectivity index (χ0n) is 10.7. The second-order valence-electron chi connectivity index (χ2n) is 3.63. The summed E-state index contributed by atoms with van der Waals surface area (Å²) in [5, 5.41) is 1.23. The van der Waals surface area contributed by atoms with Crippen LogP contribution in [0.25, 0.3) is 0 Å². The van der Waals surface area contributed by atoms with Gasteiger partial charge in [-0.15, -0.1) is 0 Å². The summed E-state index contributed by atoms with van der Waals surface area (Å²) >= 11 is 4.64. The summed E-state index contributed by atoms with van der Waals surface area (Å²) in [5.41, 5.74) is 2.40. The van der Waals surface area contributed by atoms with Crippen molar-refractivity contribution >= 4 is 33.6 Å². The maximum Gasteiger partial charge on any atom is 0.322 e. The molecule has 0 atom stereocenters. The molecule has 9 heteroatoms. The molecule has 2 aromatic heterocycles. The normalized spacial score (nSPS) is 10.3. The average Bonchev–Trinajstić information content (AvgIpc) is 2.47. The van der Waals surface area contributed by atoms with Crippen LogP contribution in [0.4, 0.5) is 5.95 Å². The molecule has 20 heavy (non-hydrogen) atoms. The number of hydrazine groups is 1. The van der Waals surface area contributed by atoms with Crippen molar-refractivity contribution in [2.75, 3.05) is 12.0 Å². The molecule has 0 bridgehead atoms. The largest absolute Gasteiger partial charge is 0.463 e. The van der Waals surface area contributed by atoms with E-state index in [4.69, 9.17) is 10.6 Å². The third kappa shape index (κ3) is 4.29. The van der Waals surface area contributed by atoms with Crippen LogP contribution in [0, 0.1) is 0 Å². The van der Waals surface area contributed by atoms with Gasteiger partial charge in [-0.1, -0.05) is 6.92 Å². The first-order valence-corrected chi connectivity index (χ1v) is 7.47. The SMILES string of the molecule is CCCOc1nc(NN)nc(Sc2ccc(Br)cn2)n1. The molecule has 2 heterocycles. The molecule has 0 amide bonds. The Morgan fingerprint density at radius 2 is 2.20 bits per heavy atom. The van der Waals surface area contributed by atoms with E-state index < -0.39 is 0 Å². The highest BCUT2D eigenvalue weighted by atomic mass is 79.9. The molecule has 0 aliphatic heterocycles. The number of hydrogen-bond acceptors (Lipinski definition) is 8. The van der Waals surface area contributed by atoms with Crippen LogP contribution >= 0.6 is 27.7 Å². The molecule has 0 aliphatic rings. The van der Waals surface area contributed by atoms with Gasteiger partial charge in [-0.25, -0.2) is 10.8 Å². The second kappa shape index (κ2) is 7.36. The van der Waals surface area contributed by atoms with E-state index in [0.717, 1.165) is 15.9 Å². The summed E-state index contributed by atoms with van der Waals surface area (Å²) in [7, 11) is 0. The lowest BCUT2D eigenvalue weighted by Crippen LogP contribution is -2.13. The van der Waals surface area contributed by atoms with E-state index in [-0.39, 0.29) is 12.0 Å². The number of rotatable bonds is 6. The standard InChI is InChI=1S/C11H13BrN6OS/c1-2-5-19-10-15-9(18-13)16-11(17-10)20-8-4-3-7(12)6-14-8/h3-4,6H,2,5,13H2,1H3,(H,15,16,17,18). The molecule has 7 nitrogen and oxygen atoms in total. The third-order valence-electron chi connectivity index (χ3n) is 2.05. The number of nitrogens with two attached hydrogens (primary N) is 1. The highest BCUT2D eigenvalue weighted by molar-refractivity contribution is 9.10. The van der Waals surface area contributed by atoms with Crippen LogP contribution in [-0.2, 0) is 0 Å². The van der Waals surface area contributed by atoms with Crippen molar-refractivity contribution in [1.29, 1.82) is 0 Å². The number of pyridine rings is 1. The van der Waals surface area contributed by atoms with Crippen LogP contribution < -0.4 is 16.0 Å². The molecule has 0 saturated heterocycles. The quantitative estimate of drug-likeness (QED) is 0.600. The first-order chi connectivity index (χ1) is 9.71. The Bertz CT molecular complexity index is 567. The van der Waals surface area contributed by atoms with Crippen LogP contribution in [0.5, 0.6) is 6.01 Å². The second-order valence-corrected chi connectivity index (χ2v) is 5.54. The zero-order valence-corrected chi connectivity index (χ0v) is 13.1. The first kappa shape index (κ1) is 14.9. The molecule has 0 aromatic carbocycles. The summed E-state index contributed by atoms with van der Waals surface area (Å²) in [4.78, 5) is 16.6. The Hall–Kier alpha value is -1.45. The van der Waals surface area contributed by atoms with E-state index in [1.54, 1.807) is 6.20 Å². The van der Waals surface area contributed by atoms with Gasteiger partial charge in [0.25, 0.3) is 0 Å². The smallest absolute Gasteiger partial charge is 0.322 e. The van der Waals surface area contributed by atoms with Crippen molar-refractivity contribution < 1.29 is 4.74 Å². The molecule has 2 aromatic rings. The maximum atomic E-state index is 5.40. The van der Waals surface area contributed by atoms with E-state index in [0.29, 0.717) is 11.8 Å². The highest BCUT2D eigenvalue weighted by Gasteiger charge is 2.09. The number of nitrogens with zero attached hydrogens (tertiary/aromatic N) is 4. The summed E-state index contributed by atoms with van der Waals surface area (Å²) in [6.07, 6.45) is 2.58. The van der Waals surface area contributed by atoms with Crippen LogP contribution in [0.3, 0.4) is 0 Å². The van der Waals surface area contributed by atoms with E-state index >= 15 is 0 Å². The van der Waals surface area contributed by atoms with Crippen LogP contribution in [-0.4, -0.2) is 26.5 Å². The van der Waals surface area contributed by atoms with E-state index in [1.165, 1.54) is 11.8 Å². The molecule has 0 radical (unpaired) electrons. The fraction of sp³-hybridized carbons (Fsp3) is 0.273. The predicted molar refractivity (Wildman–Crippen MR) is 79.5 cm³/mol. The number of aromatic nitrogens is 4. The average molecular weight is 357 g/mol. The van der Waals surface area contributed by atoms with E-state index in [9.17, 15) is 0 Å². The molecule has 3 N–H and O–H groups in total. The van der Waals surface area contributed by atoms with Crippen LogP contribution in [0.1, 0.15) is 13.3 Å². The lowest BCUT2D eigenvalue weighted by molar-refractivity contribution is 0.288. The highest BCUT2D eigenvalue weighted by Crippen LogP contribution is 2.25. The van der Waals surface area contributed by atoms with Crippen LogP contribution in [0.2, 0.25) is 0 Å². The molecule has 0 fully saturated rings. The van der Waals surface area contributed by atoms with Gasteiger partial charge in [0, 0.05) is 10.7 Å². The number of anilines is 1. The fourth-order valence-electron chi connectivity index (χ4n) is 1.22. The number of ether oxygens (including phenoxy) is 1. The Balaban J connectivity index is 2.19.